The Morgan fingerprint density at radius 2 is 1.73 bits per heavy atom. The van der Waals surface area contributed by atoms with Gasteiger partial charge in [0.15, 0.2) is 11.5 Å². The van der Waals surface area contributed by atoms with Gasteiger partial charge < -0.3 is 14.8 Å². The van der Waals surface area contributed by atoms with E-state index in [-0.39, 0.29) is 12.3 Å². The zero-order chi connectivity index (χ0) is 18.4. The van der Waals surface area contributed by atoms with E-state index in [9.17, 15) is 4.79 Å². The van der Waals surface area contributed by atoms with Gasteiger partial charge in [-0.3, -0.25) is 0 Å². The highest BCUT2D eigenvalue weighted by Gasteiger charge is 2.18. The molecular formula is C19H18BrN3O3. The van der Waals surface area contributed by atoms with Gasteiger partial charge in [-0.05, 0) is 43.3 Å². The van der Waals surface area contributed by atoms with E-state index >= 15 is 0 Å². The number of nitrogens with zero attached hydrogens (tertiary/aromatic N) is 2. The van der Waals surface area contributed by atoms with Gasteiger partial charge in [0.1, 0.15) is 6.61 Å². The third-order valence-corrected chi connectivity index (χ3v) is 4.06. The lowest BCUT2D eigenvalue weighted by atomic mass is 10.2. The molecule has 3 aromatic rings. The van der Waals surface area contributed by atoms with Crippen molar-refractivity contribution in [3.8, 4) is 0 Å². The average Bonchev–Trinajstić information content (AvgIpc) is 2.66. The number of halogens is 1. The fourth-order valence-corrected chi connectivity index (χ4v) is 2.57. The highest BCUT2D eigenvalue weighted by Crippen LogP contribution is 2.23. The van der Waals surface area contributed by atoms with Crippen molar-refractivity contribution in [3.63, 3.8) is 0 Å². The average molecular weight is 416 g/mol. The van der Waals surface area contributed by atoms with Crippen molar-refractivity contribution in [2.24, 2.45) is 0 Å². The van der Waals surface area contributed by atoms with Crippen LogP contribution in [0.1, 0.15) is 17.4 Å². The Kier molecular flexibility index (Phi) is 6.14. The van der Waals surface area contributed by atoms with E-state index in [1.54, 1.807) is 0 Å². The third kappa shape index (κ3) is 4.56. The zero-order valence-corrected chi connectivity index (χ0v) is 15.8. The normalized spacial score (nSPS) is 10.7. The van der Waals surface area contributed by atoms with Crippen LogP contribution >= 0.6 is 15.9 Å². The van der Waals surface area contributed by atoms with Crippen molar-refractivity contribution in [2.45, 2.75) is 6.92 Å². The summed E-state index contributed by atoms with van der Waals surface area (Å²) in [7, 11) is 0. The van der Waals surface area contributed by atoms with Gasteiger partial charge in [0.2, 0.25) is 0 Å². The largest absolute Gasteiger partial charge is 0.458 e. The van der Waals surface area contributed by atoms with Crippen LogP contribution in [0.5, 0.6) is 0 Å². The maximum atomic E-state index is 12.5. The molecule has 0 aliphatic heterocycles. The zero-order valence-electron chi connectivity index (χ0n) is 14.2. The summed E-state index contributed by atoms with van der Waals surface area (Å²) < 4.78 is 11.4. The number of carbonyl (C=O) groups is 1. The van der Waals surface area contributed by atoms with Crippen LogP contribution in [0.4, 0.5) is 11.5 Å². The van der Waals surface area contributed by atoms with Crippen LogP contribution in [0.25, 0.3) is 11.0 Å². The summed E-state index contributed by atoms with van der Waals surface area (Å²) >= 11 is 3.40. The number of fused-ring (bicyclic) bond motifs is 1. The first-order chi connectivity index (χ1) is 12.7. The molecule has 2 aromatic carbocycles. The number of carbonyl (C=O) groups excluding carboxylic acids is 1. The van der Waals surface area contributed by atoms with E-state index in [0.29, 0.717) is 30.1 Å². The Morgan fingerprint density at radius 3 is 2.42 bits per heavy atom. The van der Waals surface area contributed by atoms with E-state index in [0.717, 1.165) is 10.2 Å². The van der Waals surface area contributed by atoms with Gasteiger partial charge in [-0.15, -0.1) is 0 Å². The smallest absolute Gasteiger partial charge is 0.360 e. The summed E-state index contributed by atoms with van der Waals surface area (Å²) in [6.07, 6.45) is 0. The molecule has 26 heavy (non-hydrogen) atoms. The second-order valence-electron chi connectivity index (χ2n) is 5.37. The number of hydrogen-bond acceptors (Lipinski definition) is 6. The number of ether oxygens (including phenoxy) is 2. The molecule has 0 fully saturated rings. The first-order valence-corrected chi connectivity index (χ1v) is 9.01. The molecular weight excluding hydrogens is 398 g/mol. The van der Waals surface area contributed by atoms with Gasteiger partial charge in [0.25, 0.3) is 0 Å². The van der Waals surface area contributed by atoms with Crippen LogP contribution in [-0.2, 0) is 9.47 Å². The van der Waals surface area contributed by atoms with E-state index in [1.165, 1.54) is 0 Å². The number of anilines is 2. The van der Waals surface area contributed by atoms with Crippen LogP contribution in [0.3, 0.4) is 0 Å². The second kappa shape index (κ2) is 8.73. The van der Waals surface area contributed by atoms with Crippen molar-refractivity contribution in [1.29, 1.82) is 0 Å². The number of para-hydroxylation sites is 2. The van der Waals surface area contributed by atoms with Crippen LogP contribution < -0.4 is 5.32 Å². The lowest BCUT2D eigenvalue weighted by Gasteiger charge is -2.12. The lowest BCUT2D eigenvalue weighted by molar-refractivity contribution is 0.0330. The first-order valence-electron chi connectivity index (χ1n) is 8.21. The molecule has 1 aromatic heterocycles. The minimum Gasteiger partial charge on any atom is -0.458 e. The number of nitrogens with one attached hydrogen (secondary N) is 1. The number of aromatic nitrogens is 2. The predicted octanol–water partition coefficient (Wildman–Crippen LogP) is 4.33. The third-order valence-electron chi connectivity index (χ3n) is 3.54. The van der Waals surface area contributed by atoms with Crippen molar-refractivity contribution in [3.05, 3.63) is 58.7 Å². The van der Waals surface area contributed by atoms with Crippen molar-refractivity contribution >= 4 is 44.4 Å². The van der Waals surface area contributed by atoms with Crippen molar-refractivity contribution in [1.82, 2.24) is 9.97 Å². The number of benzene rings is 2. The summed E-state index contributed by atoms with van der Waals surface area (Å²) in [6, 6.07) is 14.9. The van der Waals surface area contributed by atoms with Crippen LogP contribution in [-0.4, -0.2) is 35.8 Å². The Hall–Kier alpha value is -2.51. The summed E-state index contributed by atoms with van der Waals surface area (Å²) in [5.41, 5.74) is 2.26. The molecule has 0 unspecified atom stereocenters. The summed E-state index contributed by atoms with van der Waals surface area (Å²) in [6.45, 7) is 2.97. The Labute approximate surface area is 159 Å². The van der Waals surface area contributed by atoms with E-state index < -0.39 is 5.97 Å². The molecule has 134 valence electrons. The summed E-state index contributed by atoms with van der Waals surface area (Å²) in [4.78, 5) is 21.5. The van der Waals surface area contributed by atoms with Crippen LogP contribution in [0.15, 0.2) is 53.0 Å². The number of rotatable bonds is 7. The van der Waals surface area contributed by atoms with Crippen molar-refractivity contribution in [2.75, 3.05) is 25.1 Å². The highest BCUT2D eigenvalue weighted by molar-refractivity contribution is 9.10. The molecule has 0 bridgehead atoms. The summed E-state index contributed by atoms with van der Waals surface area (Å²) in [5.74, 6) is -0.185. The summed E-state index contributed by atoms with van der Waals surface area (Å²) in [5, 5.41) is 3.15. The minimum absolute atomic E-state index is 0.142. The SMILES string of the molecule is CCOCCOC(=O)c1nc2ccccc2nc1Nc1ccc(Br)cc1. The fourth-order valence-electron chi connectivity index (χ4n) is 2.31. The highest BCUT2D eigenvalue weighted by atomic mass is 79.9. The van der Waals surface area contributed by atoms with Gasteiger partial charge in [-0.2, -0.15) is 0 Å². The molecule has 0 saturated carbocycles. The van der Waals surface area contributed by atoms with E-state index in [4.69, 9.17) is 9.47 Å². The molecule has 0 radical (unpaired) electrons. The van der Waals surface area contributed by atoms with E-state index in [2.05, 4.69) is 31.2 Å². The molecule has 1 heterocycles. The van der Waals surface area contributed by atoms with Gasteiger partial charge >= 0.3 is 5.97 Å². The Bertz CT molecular complexity index is 900. The predicted molar refractivity (Wildman–Crippen MR) is 104 cm³/mol. The lowest BCUT2D eigenvalue weighted by Crippen LogP contribution is -2.15. The maximum absolute atomic E-state index is 12.5. The molecule has 0 amide bonds. The van der Waals surface area contributed by atoms with Gasteiger partial charge in [-0.1, -0.05) is 28.1 Å². The van der Waals surface area contributed by atoms with Crippen LogP contribution in [0, 0.1) is 0 Å². The molecule has 3 rings (SSSR count). The number of hydrogen-bond donors (Lipinski definition) is 1. The molecule has 0 atom stereocenters. The van der Waals surface area contributed by atoms with Crippen molar-refractivity contribution < 1.29 is 14.3 Å². The molecule has 7 heteroatoms. The minimum atomic E-state index is -0.539. The van der Waals surface area contributed by atoms with Gasteiger partial charge in [-0.25, -0.2) is 14.8 Å². The second-order valence-corrected chi connectivity index (χ2v) is 6.29. The molecule has 1 N–H and O–H groups in total. The van der Waals surface area contributed by atoms with Gasteiger partial charge in [0.05, 0.1) is 17.6 Å². The fraction of sp³-hybridized carbons (Fsp3) is 0.211. The molecule has 6 nitrogen and oxygen atoms in total. The molecule has 0 aliphatic carbocycles. The van der Waals surface area contributed by atoms with Gasteiger partial charge in [0, 0.05) is 16.8 Å². The Balaban J connectivity index is 1.90. The van der Waals surface area contributed by atoms with Crippen LogP contribution in [0.2, 0.25) is 0 Å². The standard InChI is InChI=1S/C19H18BrN3O3/c1-2-25-11-12-26-19(24)17-18(21-14-9-7-13(20)8-10-14)23-16-6-4-3-5-15(16)22-17/h3-10H,2,11-12H2,1H3,(H,21,23). The van der Waals surface area contributed by atoms with E-state index in [1.807, 2.05) is 55.5 Å². The Morgan fingerprint density at radius 1 is 1.04 bits per heavy atom. The molecule has 0 spiro atoms. The monoisotopic (exact) mass is 415 g/mol. The quantitative estimate of drug-likeness (QED) is 0.457. The molecule has 0 saturated heterocycles. The maximum Gasteiger partial charge on any atom is 0.360 e. The number of esters is 1. The first kappa shape index (κ1) is 18.3. The topological polar surface area (TPSA) is 73.3 Å². The molecule has 0 aliphatic rings.